The normalized spacial score (nSPS) is 17.1. The van der Waals surface area contributed by atoms with E-state index in [-0.39, 0.29) is 23.6 Å². The highest BCUT2D eigenvalue weighted by molar-refractivity contribution is 5.97. The quantitative estimate of drug-likeness (QED) is 0.781. The number of nitrogens with zero attached hydrogens (tertiary/aromatic N) is 1. The van der Waals surface area contributed by atoms with Crippen LogP contribution < -0.4 is 10.6 Å². The molecule has 1 atom stereocenters. The Morgan fingerprint density at radius 3 is 2.48 bits per heavy atom. The Bertz CT molecular complexity index is 704. The van der Waals surface area contributed by atoms with Gasteiger partial charge < -0.3 is 15.5 Å². The Labute approximate surface area is 161 Å². The zero-order valence-corrected chi connectivity index (χ0v) is 16.4. The van der Waals surface area contributed by atoms with Crippen molar-refractivity contribution in [1.82, 2.24) is 10.2 Å². The first-order chi connectivity index (χ1) is 12.7. The summed E-state index contributed by atoms with van der Waals surface area (Å²) in [6, 6.07) is 6.88. The molecule has 0 spiro atoms. The lowest BCUT2D eigenvalue weighted by atomic mass is 9.95. The van der Waals surface area contributed by atoms with E-state index in [2.05, 4.69) is 17.2 Å². The van der Waals surface area contributed by atoms with E-state index in [4.69, 9.17) is 0 Å². The molecule has 1 heterocycles. The van der Waals surface area contributed by atoms with E-state index in [0.29, 0.717) is 30.9 Å². The van der Waals surface area contributed by atoms with Gasteiger partial charge in [0.1, 0.15) is 0 Å². The van der Waals surface area contributed by atoms with E-state index in [1.807, 2.05) is 20.8 Å². The van der Waals surface area contributed by atoms with Gasteiger partial charge in [-0.15, -0.1) is 6.58 Å². The molecule has 0 bridgehead atoms. The molecule has 1 fully saturated rings. The molecule has 6 nitrogen and oxygen atoms in total. The lowest BCUT2D eigenvalue weighted by Crippen LogP contribution is -2.45. The van der Waals surface area contributed by atoms with Crippen molar-refractivity contribution >= 4 is 23.4 Å². The minimum atomic E-state index is -0.483. The average Bonchev–Trinajstić information content (AvgIpc) is 2.65. The van der Waals surface area contributed by atoms with E-state index in [1.54, 1.807) is 35.2 Å². The van der Waals surface area contributed by atoms with Crippen molar-refractivity contribution in [2.24, 2.45) is 11.3 Å². The minimum Gasteiger partial charge on any atom is -0.352 e. The van der Waals surface area contributed by atoms with Gasteiger partial charge >= 0.3 is 0 Å². The highest BCUT2D eigenvalue weighted by Gasteiger charge is 2.28. The van der Waals surface area contributed by atoms with Crippen LogP contribution in [-0.2, 0) is 9.59 Å². The second kappa shape index (κ2) is 8.84. The number of amides is 3. The number of benzene rings is 1. The summed E-state index contributed by atoms with van der Waals surface area (Å²) in [6.07, 6.45) is 3.23. The van der Waals surface area contributed by atoms with Gasteiger partial charge in [-0.25, -0.2) is 0 Å². The van der Waals surface area contributed by atoms with Crippen molar-refractivity contribution in [2.75, 3.05) is 25.0 Å². The summed E-state index contributed by atoms with van der Waals surface area (Å²) < 4.78 is 0. The maximum absolute atomic E-state index is 12.8. The standard InChI is InChI=1S/C21H29N3O3/c1-5-12-22-18(25)16-7-6-13-24(14-16)19(26)15-8-10-17(11-9-15)23-20(27)21(2,3)4/h5,8-11,16H,1,6-7,12-14H2,2-4H3,(H,22,25)(H,23,27)/t16-/m0/s1. The fourth-order valence-corrected chi connectivity index (χ4v) is 2.89. The maximum Gasteiger partial charge on any atom is 0.253 e. The Morgan fingerprint density at radius 2 is 1.89 bits per heavy atom. The zero-order valence-electron chi connectivity index (χ0n) is 16.4. The second-order valence-corrected chi connectivity index (χ2v) is 7.91. The minimum absolute atomic E-state index is 0.0346. The fourth-order valence-electron chi connectivity index (χ4n) is 2.89. The monoisotopic (exact) mass is 371 g/mol. The molecule has 1 aromatic rings. The molecular weight excluding hydrogens is 342 g/mol. The summed E-state index contributed by atoms with van der Waals surface area (Å²) in [5, 5.41) is 5.65. The molecule has 146 valence electrons. The molecule has 2 N–H and O–H groups in total. The molecule has 0 unspecified atom stereocenters. The number of nitrogens with one attached hydrogen (secondary N) is 2. The van der Waals surface area contributed by atoms with Crippen molar-refractivity contribution in [2.45, 2.75) is 33.6 Å². The topological polar surface area (TPSA) is 78.5 Å². The van der Waals surface area contributed by atoms with Crippen molar-refractivity contribution in [1.29, 1.82) is 0 Å². The molecule has 1 aliphatic rings. The molecule has 0 radical (unpaired) electrons. The number of likely N-dealkylation sites (tertiary alicyclic amines) is 1. The lowest BCUT2D eigenvalue weighted by molar-refractivity contribution is -0.126. The third kappa shape index (κ3) is 5.67. The summed E-state index contributed by atoms with van der Waals surface area (Å²) in [7, 11) is 0. The molecule has 0 aliphatic carbocycles. The molecule has 1 saturated heterocycles. The van der Waals surface area contributed by atoms with E-state index in [0.717, 1.165) is 12.8 Å². The molecule has 1 aliphatic heterocycles. The SMILES string of the molecule is C=CCNC(=O)[C@H]1CCCN(C(=O)c2ccc(NC(=O)C(C)(C)C)cc2)C1. The smallest absolute Gasteiger partial charge is 0.253 e. The molecule has 0 aromatic heterocycles. The Morgan fingerprint density at radius 1 is 1.22 bits per heavy atom. The van der Waals surface area contributed by atoms with Crippen LogP contribution in [0, 0.1) is 11.3 Å². The first-order valence-electron chi connectivity index (χ1n) is 9.32. The van der Waals surface area contributed by atoms with Gasteiger partial charge in [-0.05, 0) is 37.1 Å². The van der Waals surface area contributed by atoms with Gasteiger partial charge in [0, 0.05) is 36.3 Å². The van der Waals surface area contributed by atoms with Crippen molar-refractivity contribution in [3.05, 3.63) is 42.5 Å². The third-order valence-electron chi connectivity index (χ3n) is 4.57. The van der Waals surface area contributed by atoms with Gasteiger partial charge in [-0.2, -0.15) is 0 Å². The highest BCUT2D eigenvalue weighted by atomic mass is 16.2. The van der Waals surface area contributed by atoms with Crippen molar-refractivity contribution in [3.63, 3.8) is 0 Å². The number of carbonyl (C=O) groups excluding carboxylic acids is 3. The lowest BCUT2D eigenvalue weighted by Gasteiger charge is -2.32. The van der Waals surface area contributed by atoms with Gasteiger partial charge in [0.2, 0.25) is 11.8 Å². The van der Waals surface area contributed by atoms with E-state index in [9.17, 15) is 14.4 Å². The highest BCUT2D eigenvalue weighted by Crippen LogP contribution is 2.21. The van der Waals surface area contributed by atoms with Crippen LogP contribution in [0.1, 0.15) is 44.0 Å². The van der Waals surface area contributed by atoms with Crippen LogP contribution in [0.4, 0.5) is 5.69 Å². The maximum atomic E-state index is 12.8. The zero-order chi connectivity index (χ0) is 20.0. The van der Waals surface area contributed by atoms with Gasteiger partial charge in [0.05, 0.1) is 5.92 Å². The molecule has 6 heteroatoms. The van der Waals surface area contributed by atoms with Crippen LogP contribution in [0.3, 0.4) is 0 Å². The van der Waals surface area contributed by atoms with Crippen LogP contribution in [0.15, 0.2) is 36.9 Å². The Kier molecular flexibility index (Phi) is 6.77. The number of hydrogen-bond donors (Lipinski definition) is 2. The predicted molar refractivity (Wildman–Crippen MR) is 106 cm³/mol. The first-order valence-corrected chi connectivity index (χ1v) is 9.32. The molecular formula is C21H29N3O3. The van der Waals surface area contributed by atoms with Crippen LogP contribution in [0.5, 0.6) is 0 Å². The van der Waals surface area contributed by atoms with Gasteiger partial charge in [-0.1, -0.05) is 26.8 Å². The van der Waals surface area contributed by atoms with Gasteiger partial charge in [0.15, 0.2) is 0 Å². The summed E-state index contributed by atoms with van der Waals surface area (Å²) in [5.74, 6) is -0.392. The van der Waals surface area contributed by atoms with Crippen LogP contribution in [0.2, 0.25) is 0 Å². The average molecular weight is 371 g/mol. The van der Waals surface area contributed by atoms with Crippen LogP contribution in [0.25, 0.3) is 0 Å². The Balaban J connectivity index is 1.99. The van der Waals surface area contributed by atoms with E-state index >= 15 is 0 Å². The number of anilines is 1. The number of hydrogen-bond acceptors (Lipinski definition) is 3. The van der Waals surface area contributed by atoms with E-state index in [1.165, 1.54) is 0 Å². The largest absolute Gasteiger partial charge is 0.352 e. The molecule has 1 aromatic carbocycles. The number of rotatable bonds is 5. The Hall–Kier alpha value is -2.63. The van der Waals surface area contributed by atoms with Crippen molar-refractivity contribution in [3.8, 4) is 0 Å². The van der Waals surface area contributed by atoms with Gasteiger partial charge in [-0.3, -0.25) is 14.4 Å². The van der Waals surface area contributed by atoms with Crippen LogP contribution >= 0.6 is 0 Å². The third-order valence-corrected chi connectivity index (χ3v) is 4.57. The summed E-state index contributed by atoms with van der Waals surface area (Å²) in [4.78, 5) is 38.7. The fraction of sp³-hybridized carbons (Fsp3) is 0.476. The second-order valence-electron chi connectivity index (χ2n) is 7.91. The van der Waals surface area contributed by atoms with Gasteiger partial charge in [0.25, 0.3) is 5.91 Å². The summed E-state index contributed by atoms with van der Waals surface area (Å²) >= 11 is 0. The molecule has 27 heavy (non-hydrogen) atoms. The first kappa shape index (κ1) is 20.7. The summed E-state index contributed by atoms with van der Waals surface area (Å²) in [6.45, 7) is 10.6. The predicted octanol–water partition coefficient (Wildman–Crippen LogP) is 2.83. The number of piperidine rings is 1. The molecule has 3 amide bonds. The molecule has 0 saturated carbocycles. The van der Waals surface area contributed by atoms with Crippen molar-refractivity contribution < 1.29 is 14.4 Å². The molecule has 2 rings (SSSR count). The summed E-state index contributed by atoms with van der Waals surface area (Å²) in [5.41, 5.74) is 0.728. The van der Waals surface area contributed by atoms with Crippen LogP contribution in [-0.4, -0.2) is 42.3 Å². The van der Waals surface area contributed by atoms with E-state index < -0.39 is 5.41 Å². The number of carbonyl (C=O) groups is 3.